The second kappa shape index (κ2) is 9.94. The molecular formula is C16H34O. The molecule has 1 unspecified atom stereocenters. The molecular weight excluding hydrogens is 208 g/mol. The highest BCUT2D eigenvalue weighted by Crippen LogP contribution is 2.28. The average Bonchev–Trinajstić information content (AvgIpc) is 2.28. The molecule has 0 bridgehead atoms. The molecule has 0 aromatic heterocycles. The van der Waals surface area contributed by atoms with E-state index in [2.05, 4.69) is 34.6 Å². The van der Waals surface area contributed by atoms with Crippen LogP contribution in [-0.4, -0.2) is 12.2 Å². The fraction of sp³-hybridized carbons (Fsp3) is 1.00. The van der Waals surface area contributed by atoms with Crippen LogP contribution in [0.3, 0.4) is 0 Å². The molecule has 0 radical (unpaired) electrons. The van der Waals surface area contributed by atoms with E-state index in [1.807, 2.05) is 0 Å². The van der Waals surface area contributed by atoms with E-state index in [4.69, 9.17) is 4.74 Å². The van der Waals surface area contributed by atoms with Crippen LogP contribution in [0, 0.1) is 5.92 Å². The lowest BCUT2D eigenvalue weighted by Gasteiger charge is -2.33. The van der Waals surface area contributed by atoms with Crippen LogP contribution in [-0.2, 0) is 4.74 Å². The van der Waals surface area contributed by atoms with Crippen LogP contribution >= 0.6 is 0 Å². The molecule has 0 saturated carbocycles. The largest absolute Gasteiger partial charge is 0.375 e. The molecule has 0 aliphatic carbocycles. The standard InChI is InChI=1S/C16H34O/c1-6-8-9-10-11-12-13-14-16(5,15(3)4)17-7-2/h15H,6-14H2,1-5H3. The highest BCUT2D eigenvalue weighted by atomic mass is 16.5. The molecule has 17 heavy (non-hydrogen) atoms. The van der Waals surface area contributed by atoms with E-state index in [9.17, 15) is 0 Å². The maximum absolute atomic E-state index is 5.94. The van der Waals surface area contributed by atoms with Gasteiger partial charge in [0.2, 0.25) is 0 Å². The molecule has 0 rings (SSSR count). The minimum atomic E-state index is 0.0954. The first kappa shape index (κ1) is 17.0. The van der Waals surface area contributed by atoms with Gasteiger partial charge in [0.25, 0.3) is 0 Å². The highest BCUT2D eigenvalue weighted by Gasteiger charge is 2.27. The summed E-state index contributed by atoms with van der Waals surface area (Å²) in [5.74, 6) is 0.613. The molecule has 1 atom stereocenters. The van der Waals surface area contributed by atoms with Crippen molar-refractivity contribution in [1.29, 1.82) is 0 Å². The van der Waals surface area contributed by atoms with Crippen LogP contribution in [0.4, 0.5) is 0 Å². The lowest BCUT2D eigenvalue weighted by molar-refractivity contribution is -0.0658. The number of ether oxygens (including phenoxy) is 1. The molecule has 0 aliphatic rings. The van der Waals surface area contributed by atoms with Crippen molar-refractivity contribution >= 4 is 0 Å². The van der Waals surface area contributed by atoms with Gasteiger partial charge in [0.05, 0.1) is 5.60 Å². The lowest BCUT2D eigenvalue weighted by atomic mass is 9.86. The Kier molecular flexibility index (Phi) is 9.91. The van der Waals surface area contributed by atoms with Crippen molar-refractivity contribution in [3.8, 4) is 0 Å². The number of rotatable bonds is 11. The van der Waals surface area contributed by atoms with E-state index in [1.165, 1.54) is 51.4 Å². The summed E-state index contributed by atoms with van der Waals surface area (Å²) in [5.41, 5.74) is 0.0954. The third-order valence-corrected chi connectivity index (χ3v) is 3.97. The zero-order valence-electron chi connectivity index (χ0n) is 12.8. The van der Waals surface area contributed by atoms with Gasteiger partial charge in [0.1, 0.15) is 0 Å². The molecule has 0 saturated heterocycles. The van der Waals surface area contributed by atoms with E-state index in [1.54, 1.807) is 0 Å². The Hall–Kier alpha value is -0.0400. The first-order valence-corrected chi connectivity index (χ1v) is 7.70. The quantitative estimate of drug-likeness (QED) is 0.430. The molecule has 0 N–H and O–H groups in total. The minimum absolute atomic E-state index is 0.0954. The second-order valence-electron chi connectivity index (χ2n) is 5.77. The molecule has 0 spiro atoms. The molecule has 0 aliphatic heterocycles. The van der Waals surface area contributed by atoms with E-state index < -0.39 is 0 Å². The molecule has 0 aromatic carbocycles. The summed E-state index contributed by atoms with van der Waals surface area (Å²) >= 11 is 0. The number of hydrogen-bond donors (Lipinski definition) is 0. The summed E-state index contributed by atoms with van der Waals surface area (Å²) < 4.78 is 5.94. The Balaban J connectivity index is 3.62. The van der Waals surface area contributed by atoms with Gasteiger partial charge in [0, 0.05) is 6.61 Å². The summed E-state index contributed by atoms with van der Waals surface area (Å²) in [7, 11) is 0. The highest BCUT2D eigenvalue weighted by molar-refractivity contribution is 4.78. The monoisotopic (exact) mass is 242 g/mol. The van der Waals surface area contributed by atoms with E-state index in [0.717, 1.165) is 6.61 Å². The van der Waals surface area contributed by atoms with Gasteiger partial charge >= 0.3 is 0 Å². The first-order valence-electron chi connectivity index (χ1n) is 7.70. The summed E-state index contributed by atoms with van der Waals surface area (Å²) in [6.07, 6.45) is 10.9. The van der Waals surface area contributed by atoms with Gasteiger partial charge in [-0.15, -0.1) is 0 Å². The summed E-state index contributed by atoms with van der Waals surface area (Å²) in [6, 6.07) is 0. The van der Waals surface area contributed by atoms with Crippen molar-refractivity contribution in [2.45, 2.75) is 91.6 Å². The molecule has 0 heterocycles. The van der Waals surface area contributed by atoms with Crippen molar-refractivity contribution in [3.05, 3.63) is 0 Å². The van der Waals surface area contributed by atoms with Gasteiger partial charge in [0.15, 0.2) is 0 Å². The van der Waals surface area contributed by atoms with Crippen LogP contribution in [0.2, 0.25) is 0 Å². The molecule has 104 valence electrons. The molecule has 1 heteroatoms. The first-order chi connectivity index (χ1) is 8.06. The maximum atomic E-state index is 5.94. The fourth-order valence-electron chi connectivity index (χ4n) is 2.29. The summed E-state index contributed by atoms with van der Waals surface area (Å²) in [4.78, 5) is 0. The Morgan fingerprint density at radius 3 is 1.88 bits per heavy atom. The molecule has 0 amide bonds. The number of unbranched alkanes of at least 4 members (excludes halogenated alkanes) is 6. The zero-order valence-corrected chi connectivity index (χ0v) is 12.8. The van der Waals surface area contributed by atoms with Crippen LogP contribution < -0.4 is 0 Å². The topological polar surface area (TPSA) is 9.23 Å². The van der Waals surface area contributed by atoms with E-state index in [-0.39, 0.29) is 5.60 Å². The van der Waals surface area contributed by atoms with Gasteiger partial charge in [-0.1, -0.05) is 65.7 Å². The van der Waals surface area contributed by atoms with Gasteiger partial charge in [-0.05, 0) is 26.2 Å². The maximum Gasteiger partial charge on any atom is 0.0677 e. The fourth-order valence-corrected chi connectivity index (χ4v) is 2.29. The van der Waals surface area contributed by atoms with Crippen molar-refractivity contribution < 1.29 is 4.74 Å². The summed E-state index contributed by atoms with van der Waals surface area (Å²) in [5, 5.41) is 0. The van der Waals surface area contributed by atoms with Crippen LogP contribution in [0.1, 0.15) is 86.0 Å². The Morgan fingerprint density at radius 1 is 0.882 bits per heavy atom. The van der Waals surface area contributed by atoms with Crippen molar-refractivity contribution in [3.63, 3.8) is 0 Å². The third-order valence-electron chi connectivity index (χ3n) is 3.97. The molecule has 1 nitrogen and oxygen atoms in total. The predicted octanol–water partition coefficient (Wildman–Crippen LogP) is 5.58. The Morgan fingerprint density at radius 2 is 1.41 bits per heavy atom. The SMILES string of the molecule is CCCCCCCCCC(C)(OCC)C(C)C. The van der Waals surface area contributed by atoms with E-state index >= 15 is 0 Å². The Bertz CT molecular complexity index is 165. The van der Waals surface area contributed by atoms with Crippen molar-refractivity contribution in [2.75, 3.05) is 6.61 Å². The van der Waals surface area contributed by atoms with E-state index in [0.29, 0.717) is 5.92 Å². The normalized spacial score (nSPS) is 15.2. The third kappa shape index (κ3) is 7.81. The zero-order chi connectivity index (χ0) is 13.1. The molecule has 0 aromatic rings. The minimum Gasteiger partial charge on any atom is -0.375 e. The van der Waals surface area contributed by atoms with Crippen molar-refractivity contribution in [1.82, 2.24) is 0 Å². The predicted molar refractivity (Wildman–Crippen MR) is 77.5 cm³/mol. The van der Waals surface area contributed by atoms with Gasteiger partial charge in [-0.3, -0.25) is 0 Å². The van der Waals surface area contributed by atoms with Crippen LogP contribution in [0.15, 0.2) is 0 Å². The van der Waals surface area contributed by atoms with Crippen LogP contribution in [0.5, 0.6) is 0 Å². The van der Waals surface area contributed by atoms with Gasteiger partial charge < -0.3 is 4.74 Å². The smallest absolute Gasteiger partial charge is 0.0677 e. The molecule has 0 fully saturated rings. The van der Waals surface area contributed by atoms with Gasteiger partial charge in [-0.25, -0.2) is 0 Å². The number of hydrogen-bond acceptors (Lipinski definition) is 1. The second-order valence-corrected chi connectivity index (χ2v) is 5.77. The van der Waals surface area contributed by atoms with Crippen LogP contribution in [0.25, 0.3) is 0 Å². The van der Waals surface area contributed by atoms with Crippen molar-refractivity contribution in [2.24, 2.45) is 5.92 Å². The Labute approximate surface area is 109 Å². The average molecular weight is 242 g/mol. The lowest BCUT2D eigenvalue weighted by Crippen LogP contribution is -2.34. The van der Waals surface area contributed by atoms with Gasteiger partial charge in [-0.2, -0.15) is 0 Å². The summed E-state index contributed by atoms with van der Waals surface area (Å²) in [6.45, 7) is 12.0.